The number of halogens is 1. The Morgan fingerprint density at radius 3 is 3.13 bits per heavy atom. The van der Waals surface area contributed by atoms with Gasteiger partial charge in [0, 0.05) is 29.6 Å². The van der Waals surface area contributed by atoms with Crippen molar-refractivity contribution in [3.05, 3.63) is 52.6 Å². The van der Waals surface area contributed by atoms with Gasteiger partial charge in [-0.1, -0.05) is 29.8 Å². The number of hydrogen-bond acceptors (Lipinski definition) is 2. The van der Waals surface area contributed by atoms with Crippen LogP contribution in [0.25, 0.3) is 0 Å². The molecular weight excluding hydrogens is 310 g/mol. The Kier molecular flexibility index (Phi) is 5.34. The number of nitrogens with zero attached hydrogens (tertiary/aromatic N) is 1. The molecule has 1 aliphatic carbocycles. The lowest BCUT2D eigenvalue weighted by Gasteiger charge is -2.21. The summed E-state index contributed by atoms with van der Waals surface area (Å²) in [5, 5.41) is 3.75. The molecule has 0 saturated carbocycles. The zero-order valence-corrected chi connectivity index (χ0v) is 13.9. The molecule has 2 aromatic rings. The van der Waals surface area contributed by atoms with E-state index >= 15 is 0 Å². The summed E-state index contributed by atoms with van der Waals surface area (Å²) in [6, 6.07) is 7.68. The highest BCUT2D eigenvalue weighted by Gasteiger charge is 2.22. The molecule has 0 bridgehead atoms. The Bertz CT molecular complexity index is 668. The highest BCUT2D eigenvalue weighted by molar-refractivity contribution is 6.31. The van der Waals surface area contributed by atoms with E-state index in [1.54, 1.807) is 6.33 Å². The lowest BCUT2D eigenvalue weighted by atomic mass is 9.87. The van der Waals surface area contributed by atoms with Gasteiger partial charge >= 0.3 is 0 Å². The van der Waals surface area contributed by atoms with Crippen LogP contribution in [0, 0.1) is 0 Å². The molecule has 1 aromatic carbocycles. The van der Waals surface area contributed by atoms with Gasteiger partial charge in [-0.05, 0) is 43.7 Å². The first-order valence-electron chi connectivity index (χ1n) is 8.26. The SMILES string of the molecule is O=C(CCc1ccccc1Cl)NCCC1CCCc2[nH]cnc21. The number of aromatic amines is 1. The van der Waals surface area contributed by atoms with Crippen molar-refractivity contribution in [1.82, 2.24) is 15.3 Å². The first kappa shape index (κ1) is 16.1. The van der Waals surface area contributed by atoms with Crippen LogP contribution in [-0.4, -0.2) is 22.4 Å². The van der Waals surface area contributed by atoms with Crippen LogP contribution >= 0.6 is 11.6 Å². The Morgan fingerprint density at radius 1 is 1.39 bits per heavy atom. The summed E-state index contributed by atoms with van der Waals surface area (Å²) in [7, 11) is 0. The predicted molar refractivity (Wildman–Crippen MR) is 91.7 cm³/mol. The van der Waals surface area contributed by atoms with Crippen molar-refractivity contribution in [2.45, 2.75) is 44.4 Å². The topological polar surface area (TPSA) is 57.8 Å². The molecule has 0 fully saturated rings. The molecule has 2 N–H and O–H groups in total. The van der Waals surface area contributed by atoms with Gasteiger partial charge in [-0.2, -0.15) is 0 Å². The van der Waals surface area contributed by atoms with Crippen LogP contribution in [0.1, 0.15) is 48.6 Å². The van der Waals surface area contributed by atoms with Crippen LogP contribution in [-0.2, 0) is 17.6 Å². The third-order valence-electron chi connectivity index (χ3n) is 4.51. The quantitative estimate of drug-likeness (QED) is 0.849. The van der Waals surface area contributed by atoms with Crippen molar-refractivity contribution in [3.63, 3.8) is 0 Å². The molecule has 1 heterocycles. The number of hydrogen-bond donors (Lipinski definition) is 2. The van der Waals surface area contributed by atoms with Crippen LogP contribution in [0.2, 0.25) is 5.02 Å². The second-order valence-electron chi connectivity index (χ2n) is 6.09. The minimum atomic E-state index is 0.0861. The summed E-state index contributed by atoms with van der Waals surface area (Å²) in [5.41, 5.74) is 3.49. The van der Waals surface area contributed by atoms with Gasteiger partial charge in [-0.3, -0.25) is 4.79 Å². The van der Waals surface area contributed by atoms with E-state index in [1.807, 2.05) is 24.3 Å². The zero-order valence-electron chi connectivity index (χ0n) is 13.1. The molecule has 1 atom stereocenters. The molecule has 0 spiro atoms. The van der Waals surface area contributed by atoms with Gasteiger partial charge in [0.25, 0.3) is 0 Å². The third-order valence-corrected chi connectivity index (χ3v) is 4.88. The summed E-state index contributed by atoms with van der Waals surface area (Å²) in [4.78, 5) is 19.6. The second kappa shape index (κ2) is 7.64. The van der Waals surface area contributed by atoms with Gasteiger partial charge in [0.05, 0.1) is 12.0 Å². The number of carbonyl (C=O) groups is 1. The predicted octanol–water partition coefficient (Wildman–Crippen LogP) is 3.62. The first-order chi connectivity index (χ1) is 11.2. The van der Waals surface area contributed by atoms with Gasteiger partial charge in [0.1, 0.15) is 0 Å². The maximum absolute atomic E-state index is 12.0. The summed E-state index contributed by atoms with van der Waals surface area (Å²) in [5.74, 6) is 0.553. The third kappa shape index (κ3) is 4.14. The van der Waals surface area contributed by atoms with Crippen LogP contribution in [0.3, 0.4) is 0 Å². The monoisotopic (exact) mass is 331 g/mol. The van der Waals surface area contributed by atoms with E-state index in [0.29, 0.717) is 25.3 Å². The van der Waals surface area contributed by atoms with E-state index in [0.717, 1.165) is 29.8 Å². The molecule has 122 valence electrons. The number of H-pyrrole nitrogens is 1. The smallest absolute Gasteiger partial charge is 0.220 e. The summed E-state index contributed by atoms with van der Waals surface area (Å²) in [6.07, 6.45) is 7.34. The Hall–Kier alpha value is -1.81. The Morgan fingerprint density at radius 2 is 2.26 bits per heavy atom. The molecule has 4 nitrogen and oxygen atoms in total. The van der Waals surface area contributed by atoms with Crippen LogP contribution in [0.5, 0.6) is 0 Å². The van der Waals surface area contributed by atoms with Crippen molar-refractivity contribution >= 4 is 17.5 Å². The average Bonchev–Trinajstić information content (AvgIpc) is 3.03. The largest absolute Gasteiger partial charge is 0.356 e. The molecule has 1 unspecified atom stereocenters. The molecule has 23 heavy (non-hydrogen) atoms. The molecule has 0 aliphatic heterocycles. The molecule has 0 saturated heterocycles. The Labute approximate surface area is 141 Å². The standard InChI is InChI=1S/C18H22ClN3O/c19-15-6-2-1-4-13(15)8-9-17(23)20-11-10-14-5-3-7-16-18(14)22-12-21-16/h1-2,4,6,12,14H,3,5,7-11H2,(H,20,23)(H,21,22). The van der Waals surface area contributed by atoms with E-state index in [2.05, 4.69) is 15.3 Å². The van der Waals surface area contributed by atoms with Crippen molar-refractivity contribution in [1.29, 1.82) is 0 Å². The van der Waals surface area contributed by atoms with Gasteiger partial charge in [0.15, 0.2) is 0 Å². The number of aromatic nitrogens is 2. The fourth-order valence-electron chi connectivity index (χ4n) is 3.25. The lowest BCUT2D eigenvalue weighted by molar-refractivity contribution is -0.121. The first-order valence-corrected chi connectivity index (χ1v) is 8.64. The molecule has 1 aliphatic rings. The number of nitrogens with one attached hydrogen (secondary N) is 2. The number of carbonyl (C=O) groups excluding carboxylic acids is 1. The highest BCUT2D eigenvalue weighted by atomic mass is 35.5. The van der Waals surface area contributed by atoms with Crippen molar-refractivity contribution in [2.75, 3.05) is 6.54 Å². The second-order valence-corrected chi connectivity index (χ2v) is 6.49. The van der Waals surface area contributed by atoms with E-state index in [1.165, 1.54) is 17.8 Å². The molecule has 0 radical (unpaired) electrons. The summed E-state index contributed by atoms with van der Waals surface area (Å²) >= 11 is 6.11. The van der Waals surface area contributed by atoms with Crippen LogP contribution in [0.4, 0.5) is 0 Å². The number of fused-ring (bicyclic) bond motifs is 1. The zero-order chi connectivity index (χ0) is 16.1. The minimum absolute atomic E-state index is 0.0861. The van der Waals surface area contributed by atoms with Gasteiger partial charge in [-0.25, -0.2) is 4.98 Å². The average molecular weight is 332 g/mol. The lowest BCUT2D eigenvalue weighted by Crippen LogP contribution is -2.26. The molecule has 1 aromatic heterocycles. The number of benzene rings is 1. The van der Waals surface area contributed by atoms with Crippen LogP contribution in [0.15, 0.2) is 30.6 Å². The van der Waals surface area contributed by atoms with Crippen LogP contribution < -0.4 is 5.32 Å². The summed E-state index contributed by atoms with van der Waals surface area (Å²) < 4.78 is 0. The van der Waals surface area contributed by atoms with E-state index in [4.69, 9.17) is 11.6 Å². The van der Waals surface area contributed by atoms with Gasteiger partial charge in [-0.15, -0.1) is 0 Å². The number of aryl methyl sites for hydroxylation is 2. The maximum Gasteiger partial charge on any atom is 0.220 e. The van der Waals surface area contributed by atoms with Gasteiger partial charge in [0.2, 0.25) is 5.91 Å². The van der Waals surface area contributed by atoms with E-state index in [9.17, 15) is 4.79 Å². The van der Waals surface area contributed by atoms with Crippen molar-refractivity contribution in [3.8, 4) is 0 Å². The number of imidazole rings is 1. The number of amides is 1. The van der Waals surface area contributed by atoms with E-state index in [-0.39, 0.29) is 5.91 Å². The number of rotatable bonds is 6. The molecular formula is C18H22ClN3O. The normalized spacial score (nSPS) is 16.8. The molecule has 5 heteroatoms. The van der Waals surface area contributed by atoms with Crippen molar-refractivity contribution in [2.24, 2.45) is 0 Å². The summed E-state index contributed by atoms with van der Waals surface area (Å²) in [6.45, 7) is 0.707. The minimum Gasteiger partial charge on any atom is -0.356 e. The maximum atomic E-state index is 12.0. The molecule has 1 amide bonds. The van der Waals surface area contributed by atoms with E-state index < -0.39 is 0 Å². The Balaban J connectivity index is 1.41. The highest BCUT2D eigenvalue weighted by Crippen LogP contribution is 2.31. The van der Waals surface area contributed by atoms with Gasteiger partial charge < -0.3 is 10.3 Å². The fraction of sp³-hybridized carbons (Fsp3) is 0.444. The molecule has 3 rings (SSSR count). The fourth-order valence-corrected chi connectivity index (χ4v) is 3.48. The van der Waals surface area contributed by atoms with Crippen molar-refractivity contribution < 1.29 is 4.79 Å².